The minimum absolute atomic E-state index is 0.117. The molecule has 2 unspecified atom stereocenters. The van der Waals surface area contributed by atoms with Gasteiger partial charge in [-0.15, -0.1) is 0 Å². The highest BCUT2D eigenvalue weighted by molar-refractivity contribution is 5.94. The number of halogens is 2. The van der Waals surface area contributed by atoms with Crippen molar-refractivity contribution in [2.75, 3.05) is 5.32 Å². The van der Waals surface area contributed by atoms with E-state index < -0.39 is 24.4 Å². The van der Waals surface area contributed by atoms with E-state index in [1.807, 2.05) is 0 Å². The third-order valence-electron chi connectivity index (χ3n) is 3.51. The maximum atomic E-state index is 12.3. The number of nitrogens with one attached hydrogen (secondary N) is 1. The van der Waals surface area contributed by atoms with Crippen molar-refractivity contribution in [2.24, 2.45) is 11.8 Å². The summed E-state index contributed by atoms with van der Waals surface area (Å²) in [5, 5.41) is 11.4. The molecule has 0 aliphatic heterocycles. The zero-order valence-corrected chi connectivity index (χ0v) is 11.1. The monoisotopic (exact) mass is 299 g/mol. The molecular formula is C14H15F2NO4. The molecule has 0 saturated heterocycles. The first-order valence-corrected chi connectivity index (χ1v) is 6.55. The number of alkyl halides is 2. The zero-order valence-electron chi connectivity index (χ0n) is 11.1. The van der Waals surface area contributed by atoms with Gasteiger partial charge in [0.15, 0.2) is 0 Å². The Labute approximate surface area is 119 Å². The predicted molar refractivity (Wildman–Crippen MR) is 70.2 cm³/mol. The van der Waals surface area contributed by atoms with Gasteiger partial charge in [-0.05, 0) is 31.4 Å². The van der Waals surface area contributed by atoms with Gasteiger partial charge in [0.2, 0.25) is 5.91 Å². The lowest BCUT2D eigenvalue weighted by atomic mass is 10.0. The summed E-state index contributed by atoms with van der Waals surface area (Å²) in [7, 11) is 0. The van der Waals surface area contributed by atoms with E-state index in [9.17, 15) is 18.4 Å². The van der Waals surface area contributed by atoms with E-state index in [0.717, 1.165) is 0 Å². The second-order valence-electron chi connectivity index (χ2n) is 4.91. The van der Waals surface area contributed by atoms with Crippen LogP contribution in [0.3, 0.4) is 0 Å². The quantitative estimate of drug-likeness (QED) is 0.876. The number of amides is 1. The number of aliphatic carboxylic acids is 1. The normalized spacial score (nSPS) is 21.3. The largest absolute Gasteiger partial charge is 0.481 e. The van der Waals surface area contributed by atoms with Crippen LogP contribution in [0.4, 0.5) is 14.5 Å². The second-order valence-corrected chi connectivity index (χ2v) is 4.91. The van der Waals surface area contributed by atoms with Crippen LogP contribution in [0.15, 0.2) is 24.3 Å². The minimum Gasteiger partial charge on any atom is -0.481 e. The zero-order chi connectivity index (χ0) is 15.4. The molecule has 0 radical (unpaired) electrons. The van der Waals surface area contributed by atoms with Crippen LogP contribution >= 0.6 is 0 Å². The van der Waals surface area contributed by atoms with Crippen LogP contribution in [0.5, 0.6) is 5.75 Å². The number of benzene rings is 1. The summed E-state index contributed by atoms with van der Waals surface area (Å²) in [6, 6.07) is 5.89. The van der Waals surface area contributed by atoms with E-state index >= 15 is 0 Å². The summed E-state index contributed by atoms with van der Waals surface area (Å²) in [6.45, 7) is -2.98. The second kappa shape index (κ2) is 6.51. The van der Waals surface area contributed by atoms with Crippen LogP contribution in [0.1, 0.15) is 19.3 Å². The van der Waals surface area contributed by atoms with E-state index in [0.29, 0.717) is 12.8 Å². The Morgan fingerprint density at radius 1 is 1.24 bits per heavy atom. The van der Waals surface area contributed by atoms with E-state index in [1.54, 1.807) is 6.07 Å². The number of ether oxygens (including phenoxy) is 1. The number of carbonyl (C=O) groups is 2. The Kier molecular flexibility index (Phi) is 4.72. The van der Waals surface area contributed by atoms with Crippen molar-refractivity contribution in [3.05, 3.63) is 24.3 Å². The van der Waals surface area contributed by atoms with Crippen LogP contribution in [0.2, 0.25) is 0 Å². The van der Waals surface area contributed by atoms with Gasteiger partial charge >= 0.3 is 12.6 Å². The van der Waals surface area contributed by atoms with Crippen molar-refractivity contribution in [3.63, 3.8) is 0 Å². The topological polar surface area (TPSA) is 75.6 Å². The van der Waals surface area contributed by atoms with E-state index in [-0.39, 0.29) is 23.8 Å². The maximum Gasteiger partial charge on any atom is 0.387 e. The Morgan fingerprint density at radius 2 is 1.90 bits per heavy atom. The maximum absolute atomic E-state index is 12.3. The average Bonchev–Trinajstić information content (AvgIpc) is 2.90. The standard InChI is InChI=1S/C14H15F2NO4/c15-14(16)21-11-4-2-1-3-10(11)17-12(18)8-5-6-9(7-8)13(19)20/h1-4,8-9,14H,5-7H2,(H,17,18)(H,19,20). The van der Waals surface area contributed by atoms with Crippen molar-refractivity contribution < 1.29 is 28.2 Å². The van der Waals surface area contributed by atoms with Crippen molar-refractivity contribution in [3.8, 4) is 5.75 Å². The molecule has 1 aliphatic rings. The number of hydrogen-bond donors (Lipinski definition) is 2. The average molecular weight is 299 g/mol. The summed E-state index contributed by atoms with van der Waals surface area (Å²) in [6.07, 6.45) is 1.18. The predicted octanol–water partition coefficient (Wildman–Crippen LogP) is 2.73. The third kappa shape index (κ3) is 3.90. The lowest BCUT2D eigenvalue weighted by Crippen LogP contribution is -2.22. The summed E-state index contributed by atoms with van der Waals surface area (Å²) in [5.74, 6) is -2.34. The summed E-state index contributed by atoms with van der Waals surface area (Å²) in [5.41, 5.74) is 0.154. The Bertz CT molecular complexity index is 535. The Morgan fingerprint density at radius 3 is 2.52 bits per heavy atom. The fourth-order valence-corrected chi connectivity index (χ4v) is 2.45. The van der Waals surface area contributed by atoms with E-state index in [2.05, 4.69) is 10.1 Å². The Hall–Kier alpha value is -2.18. The number of rotatable bonds is 5. The first-order valence-electron chi connectivity index (χ1n) is 6.55. The van der Waals surface area contributed by atoms with Gasteiger partial charge in [-0.25, -0.2) is 0 Å². The number of hydrogen-bond acceptors (Lipinski definition) is 3. The first-order chi connectivity index (χ1) is 9.97. The number of anilines is 1. The van der Waals surface area contributed by atoms with Crippen LogP contribution in [0, 0.1) is 11.8 Å². The summed E-state index contributed by atoms with van der Waals surface area (Å²) >= 11 is 0. The fourth-order valence-electron chi connectivity index (χ4n) is 2.45. The van der Waals surface area contributed by atoms with Crippen LogP contribution in [-0.2, 0) is 9.59 Å². The van der Waals surface area contributed by atoms with Crippen LogP contribution in [-0.4, -0.2) is 23.6 Å². The van der Waals surface area contributed by atoms with Gasteiger partial charge in [-0.3, -0.25) is 9.59 Å². The fraction of sp³-hybridized carbons (Fsp3) is 0.429. The molecule has 0 spiro atoms. The number of carboxylic acids is 1. The molecule has 7 heteroatoms. The van der Waals surface area contributed by atoms with Crippen molar-refractivity contribution in [2.45, 2.75) is 25.9 Å². The van der Waals surface area contributed by atoms with Crippen LogP contribution in [0.25, 0.3) is 0 Å². The van der Waals surface area contributed by atoms with Crippen LogP contribution < -0.4 is 10.1 Å². The summed E-state index contributed by atoms with van der Waals surface area (Å²) < 4.78 is 28.9. The van der Waals surface area contributed by atoms with Gasteiger partial charge in [-0.2, -0.15) is 8.78 Å². The van der Waals surface area contributed by atoms with Gasteiger partial charge in [0, 0.05) is 5.92 Å². The molecule has 0 bridgehead atoms. The molecule has 1 aromatic carbocycles. The van der Waals surface area contributed by atoms with Gasteiger partial charge in [0.05, 0.1) is 11.6 Å². The Balaban J connectivity index is 2.02. The molecule has 2 N–H and O–H groups in total. The minimum atomic E-state index is -2.98. The molecule has 114 valence electrons. The van der Waals surface area contributed by atoms with E-state index in [4.69, 9.17) is 5.11 Å². The lowest BCUT2D eigenvalue weighted by Gasteiger charge is -2.14. The molecule has 5 nitrogen and oxygen atoms in total. The molecule has 0 heterocycles. The number of para-hydroxylation sites is 2. The molecule has 2 atom stereocenters. The highest BCUT2D eigenvalue weighted by Crippen LogP contribution is 2.33. The molecule has 1 fully saturated rings. The van der Waals surface area contributed by atoms with Gasteiger partial charge < -0.3 is 15.2 Å². The summed E-state index contributed by atoms with van der Waals surface area (Å²) in [4.78, 5) is 22.9. The van der Waals surface area contributed by atoms with Gasteiger partial charge in [0.25, 0.3) is 0 Å². The first kappa shape index (κ1) is 15.2. The molecule has 1 aliphatic carbocycles. The van der Waals surface area contributed by atoms with Gasteiger partial charge in [0.1, 0.15) is 5.75 Å². The molecule has 1 amide bonds. The van der Waals surface area contributed by atoms with Crippen molar-refractivity contribution >= 4 is 17.6 Å². The molecule has 21 heavy (non-hydrogen) atoms. The van der Waals surface area contributed by atoms with Gasteiger partial charge in [-0.1, -0.05) is 12.1 Å². The highest BCUT2D eigenvalue weighted by atomic mass is 19.3. The number of carbonyl (C=O) groups excluding carboxylic acids is 1. The third-order valence-corrected chi connectivity index (χ3v) is 3.51. The lowest BCUT2D eigenvalue weighted by molar-refractivity contribution is -0.141. The highest BCUT2D eigenvalue weighted by Gasteiger charge is 2.34. The van der Waals surface area contributed by atoms with Crippen molar-refractivity contribution in [1.82, 2.24) is 0 Å². The van der Waals surface area contributed by atoms with E-state index in [1.165, 1.54) is 18.2 Å². The molecular weight excluding hydrogens is 284 g/mol. The number of carboxylic acid groups (broad SMARTS) is 1. The molecule has 1 saturated carbocycles. The molecule has 2 rings (SSSR count). The molecule has 1 aromatic rings. The smallest absolute Gasteiger partial charge is 0.387 e. The van der Waals surface area contributed by atoms with Crippen molar-refractivity contribution in [1.29, 1.82) is 0 Å². The molecule has 0 aromatic heterocycles. The SMILES string of the molecule is O=C(O)C1CCC(C(=O)Nc2ccccc2OC(F)F)C1.